The van der Waals surface area contributed by atoms with Crippen molar-refractivity contribution in [2.24, 2.45) is 0 Å². The van der Waals surface area contributed by atoms with Crippen LogP contribution in [0.4, 0.5) is 0 Å². The van der Waals surface area contributed by atoms with Gasteiger partial charge in [0, 0.05) is 18.2 Å². The highest BCUT2D eigenvalue weighted by molar-refractivity contribution is 5.79. The molecule has 1 amide bonds. The number of likely N-dealkylation sites (N-methyl/N-ethyl adjacent to an activating group) is 1. The van der Waals surface area contributed by atoms with E-state index in [4.69, 9.17) is 0 Å². The summed E-state index contributed by atoms with van der Waals surface area (Å²) in [6.45, 7) is 1.93. The molecule has 3 N–H and O–H groups in total. The first-order valence-electron chi connectivity index (χ1n) is 6.89. The lowest BCUT2D eigenvalue weighted by Gasteiger charge is -2.20. The van der Waals surface area contributed by atoms with Crippen LogP contribution in [-0.2, 0) is 4.79 Å². The molecule has 1 atom stereocenters. The average molecular weight is 269 g/mol. The van der Waals surface area contributed by atoms with Gasteiger partial charge in [-0.2, -0.15) is 0 Å². The van der Waals surface area contributed by atoms with Gasteiger partial charge in [-0.15, -0.1) is 0 Å². The second-order valence-corrected chi connectivity index (χ2v) is 4.89. The molecular weight excluding hydrogens is 248 g/mol. The summed E-state index contributed by atoms with van der Waals surface area (Å²) in [6, 6.07) is 20.5. The molecule has 0 bridgehead atoms. The van der Waals surface area contributed by atoms with Crippen LogP contribution in [-0.4, -0.2) is 19.0 Å². The molecule has 0 radical (unpaired) electrons. The molecular formula is C17H21N2O+. The maximum atomic E-state index is 11.8. The van der Waals surface area contributed by atoms with E-state index in [1.165, 1.54) is 11.1 Å². The lowest BCUT2D eigenvalue weighted by Crippen LogP contribution is -2.92. The highest BCUT2D eigenvalue weighted by Crippen LogP contribution is 2.17. The smallest absolute Gasteiger partial charge is 0.277 e. The quantitative estimate of drug-likeness (QED) is 0.848. The van der Waals surface area contributed by atoms with Crippen LogP contribution in [0, 0.1) is 0 Å². The molecule has 104 valence electrons. The Hall–Kier alpha value is -2.13. The Morgan fingerprint density at radius 3 is 1.80 bits per heavy atom. The Morgan fingerprint density at radius 1 is 0.950 bits per heavy atom. The van der Waals surface area contributed by atoms with Gasteiger partial charge < -0.3 is 10.6 Å². The lowest BCUT2D eigenvalue weighted by atomic mass is 9.98. The zero-order valence-electron chi connectivity index (χ0n) is 11.9. The number of nitrogens with one attached hydrogen (secondary N) is 1. The molecule has 3 heteroatoms. The normalized spacial score (nSPS) is 12.2. The summed E-state index contributed by atoms with van der Waals surface area (Å²) in [5.41, 5.74) is 2.41. The van der Waals surface area contributed by atoms with Crippen LogP contribution in [0.25, 0.3) is 0 Å². The van der Waals surface area contributed by atoms with Crippen molar-refractivity contribution in [1.82, 2.24) is 5.32 Å². The number of benzene rings is 2. The van der Waals surface area contributed by atoms with E-state index in [2.05, 4.69) is 34.9 Å². The Bertz CT molecular complexity index is 500. The number of amides is 1. The molecule has 3 nitrogen and oxygen atoms in total. The average Bonchev–Trinajstić information content (AvgIpc) is 2.53. The first kappa shape index (κ1) is 14.3. The van der Waals surface area contributed by atoms with E-state index in [0.717, 1.165) is 0 Å². The van der Waals surface area contributed by atoms with Gasteiger partial charge in [-0.3, -0.25) is 4.79 Å². The van der Waals surface area contributed by atoms with E-state index in [0.29, 0.717) is 0 Å². The number of hydrogen-bond donors (Lipinski definition) is 2. The van der Waals surface area contributed by atoms with Crippen molar-refractivity contribution in [3.05, 3.63) is 71.8 Å². The number of nitrogens with two attached hydrogens (primary N) is 1. The summed E-state index contributed by atoms with van der Waals surface area (Å²) in [5.74, 6) is 0.0434. The second kappa shape index (κ2) is 6.87. The zero-order chi connectivity index (χ0) is 14.4. The molecule has 0 spiro atoms. The molecule has 0 saturated carbocycles. The van der Waals surface area contributed by atoms with Crippen molar-refractivity contribution in [1.29, 1.82) is 0 Å². The molecule has 0 unspecified atom stereocenters. The summed E-state index contributed by atoms with van der Waals surface area (Å²) >= 11 is 0. The van der Waals surface area contributed by atoms with Gasteiger partial charge in [0.15, 0.2) is 6.04 Å². The van der Waals surface area contributed by atoms with Crippen LogP contribution in [0.2, 0.25) is 0 Å². The van der Waals surface area contributed by atoms with Crippen LogP contribution in [0.15, 0.2) is 60.7 Å². The summed E-state index contributed by atoms with van der Waals surface area (Å²) in [7, 11) is 1.67. The van der Waals surface area contributed by atoms with Crippen molar-refractivity contribution in [3.8, 4) is 0 Å². The van der Waals surface area contributed by atoms with Gasteiger partial charge in [0.05, 0.1) is 0 Å². The maximum Gasteiger partial charge on any atom is 0.277 e. The predicted molar refractivity (Wildman–Crippen MR) is 80.2 cm³/mol. The highest BCUT2D eigenvalue weighted by atomic mass is 16.2. The minimum atomic E-state index is -0.134. The van der Waals surface area contributed by atoms with E-state index in [1.807, 2.05) is 43.3 Å². The van der Waals surface area contributed by atoms with E-state index >= 15 is 0 Å². The van der Waals surface area contributed by atoms with Crippen molar-refractivity contribution < 1.29 is 10.1 Å². The van der Waals surface area contributed by atoms with Gasteiger partial charge in [-0.05, 0) is 6.92 Å². The molecule has 0 aliphatic carbocycles. The van der Waals surface area contributed by atoms with Crippen LogP contribution < -0.4 is 10.6 Å². The summed E-state index contributed by atoms with van der Waals surface area (Å²) in [6.07, 6.45) is 0. The Labute approximate surface area is 120 Å². The fourth-order valence-electron chi connectivity index (χ4n) is 2.34. The van der Waals surface area contributed by atoms with E-state index in [-0.39, 0.29) is 18.0 Å². The standard InChI is InChI=1S/C17H20N2O/c1-13(17(20)18-2)19-16(14-9-5-3-6-10-14)15-11-7-4-8-12-15/h3-13,16,19H,1-2H3,(H,18,20)/p+1/t13-/m1/s1. The molecule has 0 saturated heterocycles. The SMILES string of the molecule is CNC(=O)[C@@H](C)[NH2+]C(c1ccccc1)c1ccccc1. The third-order valence-electron chi connectivity index (χ3n) is 3.46. The molecule has 20 heavy (non-hydrogen) atoms. The number of hydrogen-bond acceptors (Lipinski definition) is 1. The first-order chi connectivity index (χ1) is 9.72. The van der Waals surface area contributed by atoms with Crippen LogP contribution >= 0.6 is 0 Å². The van der Waals surface area contributed by atoms with Gasteiger partial charge in [-0.1, -0.05) is 60.7 Å². The highest BCUT2D eigenvalue weighted by Gasteiger charge is 2.23. The van der Waals surface area contributed by atoms with Gasteiger partial charge >= 0.3 is 0 Å². The fraction of sp³-hybridized carbons (Fsp3) is 0.235. The van der Waals surface area contributed by atoms with Gasteiger partial charge in [0.1, 0.15) is 6.04 Å². The third-order valence-corrected chi connectivity index (χ3v) is 3.46. The maximum absolute atomic E-state index is 11.8. The van der Waals surface area contributed by atoms with Gasteiger partial charge in [0.25, 0.3) is 5.91 Å². The van der Waals surface area contributed by atoms with Gasteiger partial charge in [-0.25, -0.2) is 0 Å². The van der Waals surface area contributed by atoms with E-state index < -0.39 is 0 Å². The first-order valence-corrected chi connectivity index (χ1v) is 6.89. The summed E-state index contributed by atoms with van der Waals surface area (Å²) in [5, 5.41) is 4.80. The minimum Gasteiger partial charge on any atom is -0.354 e. The van der Waals surface area contributed by atoms with E-state index in [1.54, 1.807) is 7.05 Å². The number of carbonyl (C=O) groups is 1. The predicted octanol–water partition coefficient (Wildman–Crippen LogP) is 1.47. The zero-order valence-corrected chi connectivity index (χ0v) is 11.9. The monoisotopic (exact) mass is 269 g/mol. The van der Waals surface area contributed by atoms with Crippen LogP contribution in [0.3, 0.4) is 0 Å². The number of carbonyl (C=O) groups excluding carboxylic acids is 1. The fourth-order valence-corrected chi connectivity index (χ4v) is 2.34. The minimum absolute atomic E-state index is 0.0434. The van der Waals surface area contributed by atoms with E-state index in [9.17, 15) is 4.79 Å². The topological polar surface area (TPSA) is 45.7 Å². The third kappa shape index (κ3) is 3.45. The number of quaternary nitrogens is 1. The molecule has 0 heterocycles. The Morgan fingerprint density at radius 2 is 1.40 bits per heavy atom. The second-order valence-electron chi connectivity index (χ2n) is 4.89. The molecule has 2 rings (SSSR count). The van der Waals surface area contributed by atoms with Crippen molar-refractivity contribution >= 4 is 5.91 Å². The molecule has 0 aromatic heterocycles. The number of rotatable bonds is 5. The molecule has 0 aliphatic rings. The molecule has 0 fully saturated rings. The van der Waals surface area contributed by atoms with Crippen molar-refractivity contribution in [3.63, 3.8) is 0 Å². The van der Waals surface area contributed by atoms with Crippen LogP contribution in [0.1, 0.15) is 24.1 Å². The van der Waals surface area contributed by atoms with Crippen molar-refractivity contribution in [2.75, 3.05) is 7.05 Å². The Balaban J connectivity index is 2.28. The largest absolute Gasteiger partial charge is 0.354 e. The van der Waals surface area contributed by atoms with Crippen molar-refractivity contribution in [2.45, 2.75) is 19.0 Å². The molecule has 0 aliphatic heterocycles. The molecule has 2 aromatic carbocycles. The lowest BCUT2D eigenvalue weighted by molar-refractivity contribution is -0.704. The van der Waals surface area contributed by atoms with Gasteiger partial charge in [0.2, 0.25) is 0 Å². The summed E-state index contributed by atoms with van der Waals surface area (Å²) < 4.78 is 0. The van der Waals surface area contributed by atoms with Crippen LogP contribution in [0.5, 0.6) is 0 Å². The summed E-state index contributed by atoms with van der Waals surface area (Å²) in [4.78, 5) is 11.8. The molecule has 2 aromatic rings. The Kier molecular flexibility index (Phi) is 4.91.